The van der Waals surface area contributed by atoms with Gasteiger partial charge in [0.15, 0.2) is 6.61 Å². The number of alkyl halides is 3. The number of aryl methyl sites for hydroxylation is 1. The van der Waals surface area contributed by atoms with E-state index in [2.05, 4.69) is 5.48 Å². The highest BCUT2D eigenvalue weighted by atomic mass is 32.1. The monoisotopic (exact) mass is 597 g/mol. The van der Waals surface area contributed by atoms with Crippen molar-refractivity contribution in [1.82, 2.24) is 5.48 Å². The van der Waals surface area contributed by atoms with Crippen molar-refractivity contribution in [3.8, 4) is 5.75 Å². The van der Waals surface area contributed by atoms with E-state index in [4.69, 9.17) is 14.3 Å². The van der Waals surface area contributed by atoms with E-state index in [1.807, 2.05) is 69.3 Å². The molecule has 0 radical (unpaired) electrons. The zero-order valence-electron chi connectivity index (χ0n) is 24.0. The Labute approximate surface area is 247 Å². The van der Waals surface area contributed by atoms with Gasteiger partial charge in [-0.25, -0.2) is 4.79 Å². The molecule has 9 heteroatoms. The fraction of sp³-hybridized carbons (Fsp3) is 0.303. The number of rotatable bonds is 12. The average Bonchev–Trinajstić information content (AvgIpc) is 3.32. The number of nitrogens with one attached hydrogen (secondary N) is 1. The predicted octanol–water partition coefficient (Wildman–Crippen LogP) is 8.60. The number of thiophene rings is 1. The summed E-state index contributed by atoms with van der Waals surface area (Å²) < 4.78 is 51.4. The minimum atomic E-state index is -4.40. The second kappa shape index (κ2) is 13.9. The molecule has 0 saturated carbocycles. The summed E-state index contributed by atoms with van der Waals surface area (Å²) in [6, 6.07) is 19.3. The Hall–Kier alpha value is -3.82. The topological polar surface area (TPSA) is 56.8 Å². The Morgan fingerprint density at radius 2 is 1.81 bits per heavy atom. The van der Waals surface area contributed by atoms with E-state index in [1.54, 1.807) is 19.1 Å². The van der Waals surface area contributed by atoms with Crippen molar-refractivity contribution in [2.24, 2.45) is 0 Å². The van der Waals surface area contributed by atoms with E-state index < -0.39 is 17.7 Å². The number of carbonyl (C=O) groups is 1. The van der Waals surface area contributed by atoms with E-state index in [-0.39, 0.29) is 19.1 Å². The zero-order chi connectivity index (χ0) is 30.3. The summed E-state index contributed by atoms with van der Waals surface area (Å²) in [5.74, 6) is 0.246. The van der Waals surface area contributed by atoms with Crippen molar-refractivity contribution >= 4 is 33.1 Å². The van der Waals surface area contributed by atoms with Crippen LogP contribution in [0.3, 0.4) is 0 Å². The number of carbonyl (C=O) groups excluding carboxylic acids is 1. The molecule has 0 spiro atoms. The van der Waals surface area contributed by atoms with Gasteiger partial charge in [-0.05, 0) is 72.2 Å². The lowest BCUT2D eigenvalue weighted by Crippen LogP contribution is -2.15. The van der Waals surface area contributed by atoms with Crippen LogP contribution in [0.4, 0.5) is 13.2 Å². The SMILES string of the molecule is CCOC(=O)COc1ccc(C(=CCc2sc3cc(C(F)(F)F)ccc3c2C(C)C)NOCc2ccccc2)cc1C. The first-order valence-corrected chi connectivity index (χ1v) is 14.5. The second-order valence-corrected chi connectivity index (χ2v) is 11.2. The van der Waals surface area contributed by atoms with Gasteiger partial charge in [0.25, 0.3) is 0 Å². The molecule has 42 heavy (non-hydrogen) atoms. The Balaban J connectivity index is 1.63. The second-order valence-electron chi connectivity index (χ2n) is 10.1. The van der Waals surface area contributed by atoms with Crippen molar-refractivity contribution in [3.05, 3.63) is 106 Å². The third-order valence-corrected chi connectivity index (χ3v) is 7.79. The third kappa shape index (κ3) is 7.92. The molecule has 1 heterocycles. The van der Waals surface area contributed by atoms with Crippen LogP contribution in [0.2, 0.25) is 0 Å². The highest BCUT2D eigenvalue weighted by Gasteiger charge is 2.31. The maximum atomic E-state index is 13.4. The summed E-state index contributed by atoms with van der Waals surface area (Å²) in [6.07, 6.45) is -1.92. The lowest BCUT2D eigenvalue weighted by Gasteiger charge is -2.15. The third-order valence-electron chi connectivity index (χ3n) is 6.60. The zero-order valence-corrected chi connectivity index (χ0v) is 24.8. The molecule has 0 aliphatic carbocycles. The molecule has 0 amide bonds. The first-order valence-electron chi connectivity index (χ1n) is 13.7. The molecule has 222 valence electrons. The molecule has 0 fully saturated rings. The van der Waals surface area contributed by atoms with Crippen LogP contribution < -0.4 is 10.2 Å². The van der Waals surface area contributed by atoms with Crippen LogP contribution in [0, 0.1) is 6.92 Å². The maximum absolute atomic E-state index is 13.4. The number of benzene rings is 3. The van der Waals surface area contributed by atoms with Gasteiger partial charge in [0.05, 0.1) is 24.5 Å². The number of hydrogen-bond acceptors (Lipinski definition) is 6. The predicted molar refractivity (Wildman–Crippen MR) is 160 cm³/mol. The van der Waals surface area contributed by atoms with Gasteiger partial charge in [0.1, 0.15) is 5.75 Å². The molecule has 0 bridgehead atoms. The van der Waals surface area contributed by atoms with Crippen LogP contribution >= 0.6 is 11.3 Å². The smallest absolute Gasteiger partial charge is 0.416 e. The summed E-state index contributed by atoms with van der Waals surface area (Å²) in [5, 5.41) is 0.847. The average molecular weight is 598 g/mol. The van der Waals surface area contributed by atoms with E-state index in [1.165, 1.54) is 17.4 Å². The van der Waals surface area contributed by atoms with Crippen molar-refractivity contribution < 1.29 is 32.3 Å². The van der Waals surface area contributed by atoms with Crippen molar-refractivity contribution in [2.45, 2.75) is 52.8 Å². The van der Waals surface area contributed by atoms with Crippen LogP contribution in [-0.4, -0.2) is 19.2 Å². The van der Waals surface area contributed by atoms with Crippen LogP contribution in [0.15, 0.2) is 72.8 Å². The molecule has 0 atom stereocenters. The summed E-state index contributed by atoms with van der Waals surface area (Å²) in [6.45, 7) is 8.15. The van der Waals surface area contributed by atoms with Gasteiger partial charge in [-0.1, -0.05) is 56.3 Å². The Bertz CT molecular complexity index is 1540. The normalized spacial score (nSPS) is 12.1. The number of fused-ring (bicyclic) bond motifs is 1. The van der Waals surface area contributed by atoms with Crippen LogP contribution in [0.1, 0.15) is 59.4 Å². The molecule has 0 unspecified atom stereocenters. The molecular formula is C33H34F3NO4S. The molecule has 0 saturated heterocycles. The largest absolute Gasteiger partial charge is 0.482 e. The minimum Gasteiger partial charge on any atom is -0.482 e. The van der Waals surface area contributed by atoms with Crippen LogP contribution in [0.25, 0.3) is 15.8 Å². The molecular weight excluding hydrogens is 563 g/mol. The molecule has 1 N–H and O–H groups in total. The highest BCUT2D eigenvalue weighted by Crippen LogP contribution is 2.40. The lowest BCUT2D eigenvalue weighted by molar-refractivity contribution is -0.145. The van der Waals surface area contributed by atoms with Crippen LogP contribution in [-0.2, 0) is 33.6 Å². The fourth-order valence-corrected chi connectivity index (χ4v) is 5.99. The summed E-state index contributed by atoms with van der Waals surface area (Å²) in [7, 11) is 0. The number of ether oxygens (including phenoxy) is 2. The van der Waals surface area contributed by atoms with Gasteiger partial charge >= 0.3 is 12.1 Å². The van der Waals surface area contributed by atoms with E-state index in [0.717, 1.165) is 38.6 Å². The number of halogens is 3. The molecule has 5 nitrogen and oxygen atoms in total. The van der Waals surface area contributed by atoms with Crippen molar-refractivity contribution in [3.63, 3.8) is 0 Å². The van der Waals surface area contributed by atoms with Gasteiger partial charge < -0.3 is 9.47 Å². The summed E-state index contributed by atoms with van der Waals surface area (Å²) in [5.41, 5.74) is 6.82. The Morgan fingerprint density at radius 3 is 2.48 bits per heavy atom. The van der Waals surface area contributed by atoms with E-state index in [0.29, 0.717) is 29.2 Å². The lowest BCUT2D eigenvalue weighted by atomic mass is 9.97. The number of hydroxylamine groups is 1. The minimum absolute atomic E-state index is 0.128. The molecule has 0 aliphatic rings. The molecule has 4 aromatic rings. The Morgan fingerprint density at radius 1 is 1.05 bits per heavy atom. The van der Waals surface area contributed by atoms with Crippen molar-refractivity contribution in [2.75, 3.05) is 13.2 Å². The van der Waals surface area contributed by atoms with Crippen LogP contribution in [0.5, 0.6) is 5.75 Å². The van der Waals surface area contributed by atoms with Gasteiger partial charge in [-0.2, -0.15) is 13.2 Å². The number of esters is 1. The molecule has 1 aromatic heterocycles. The number of hydrogen-bond donors (Lipinski definition) is 1. The molecule has 3 aromatic carbocycles. The first-order chi connectivity index (χ1) is 20.1. The van der Waals surface area contributed by atoms with Crippen molar-refractivity contribution in [1.29, 1.82) is 0 Å². The fourth-order valence-electron chi connectivity index (χ4n) is 4.63. The van der Waals surface area contributed by atoms with Gasteiger partial charge in [-0.15, -0.1) is 11.3 Å². The highest BCUT2D eigenvalue weighted by molar-refractivity contribution is 7.19. The van der Waals surface area contributed by atoms with E-state index >= 15 is 0 Å². The van der Waals surface area contributed by atoms with Gasteiger partial charge in [0, 0.05) is 21.6 Å². The maximum Gasteiger partial charge on any atom is 0.416 e. The quantitative estimate of drug-likeness (QED) is 0.131. The molecule has 4 rings (SSSR count). The van der Waals surface area contributed by atoms with Gasteiger partial charge in [-0.3, -0.25) is 10.3 Å². The number of allylic oxidation sites excluding steroid dienone is 1. The summed E-state index contributed by atoms with van der Waals surface area (Å²) in [4.78, 5) is 18.6. The standard InChI is InChI=1S/C33H34F3NO4S/c1-5-39-31(38)20-40-28-15-11-24(17-22(28)4)27(37-41-19-23-9-7-6-8-10-23)14-16-29-32(21(2)3)26-13-12-25(33(34,35)36)18-30(26)42-29/h6-15,17-18,21,37H,5,16,19-20H2,1-4H3. The molecule has 0 aliphatic heterocycles. The van der Waals surface area contributed by atoms with E-state index in [9.17, 15) is 18.0 Å². The Kier molecular flexibility index (Phi) is 10.3. The van der Waals surface area contributed by atoms with Gasteiger partial charge in [0.2, 0.25) is 0 Å². The first kappa shape index (κ1) is 31.1. The summed E-state index contributed by atoms with van der Waals surface area (Å²) >= 11 is 1.38.